The number of thiazole rings is 1. The Morgan fingerprint density at radius 3 is 2.44 bits per heavy atom. The molecule has 1 heterocycles. The zero-order chi connectivity index (χ0) is 20.4. The number of amides is 1. The van der Waals surface area contributed by atoms with Gasteiger partial charge in [0.2, 0.25) is 10.0 Å². The number of aryl methyl sites for hydroxylation is 1. The van der Waals surface area contributed by atoms with Crippen molar-refractivity contribution in [3.63, 3.8) is 0 Å². The predicted octanol–water partition coefficient (Wildman–Crippen LogP) is 3.29. The van der Waals surface area contributed by atoms with Gasteiger partial charge in [-0.25, -0.2) is 17.8 Å². The summed E-state index contributed by atoms with van der Waals surface area (Å²) in [5, 5.41) is 5.28. The number of halogens is 1. The molecule has 1 aromatic carbocycles. The summed E-state index contributed by atoms with van der Waals surface area (Å²) in [6.07, 6.45) is 0. The van der Waals surface area contributed by atoms with Crippen LogP contribution in [0.15, 0.2) is 28.5 Å². The average Bonchev–Trinajstić information content (AvgIpc) is 3.03. The predicted molar refractivity (Wildman–Crippen MR) is 104 cm³/mol. The van der Waals surface area contributed by atoms with Crippen LogP contribution in [-0.2, 0) is 15.6 Å². The lowest BCUT2D eigenvalue weighted by Gasteiger charge is -2.24. The fraction of sp³-hybridized carbons (Fsp3) is 0.444. The molecule has 0 aliphatic carbocycles. The Hall–Kier alpha value is -1.84. The first-order chi connectivity index (χ1) is 12.5. The van der Waals surface area contributed by atoms with Gasteiger partial charge in [-0.05, 0) is 39.0 Å². The number of carbonyl (C=O) groups excluding carboxylic acids is 1. The summed E-state index contributed by atoms with van der Waals surface area (Å²) in [5.41, 5.74) is -0.309. The Bertz CT molecular complexity index is 935. The normalized spacial score (nSPS) is 12.4. The van der Waals surface area contributed by atoms with Crippen molar-refractivity contribution in [2.75, 3.05) is 13.1 Å². The molecule has 2 rings (SSSR count). The number of rotatable bonds is 7. The van der Waals surface area contributed by atoms with E-state index in [0.717, 1.165) is 17.8 Å². The highest BCUT2D eigenvalue weighted by molar-refractivity contribution is 7.89. The maximum absolute atomic E-state index is 14.3. The van der Waals surface area contributed by atoms with Crippen molar-refractivity contribution in [2.45, 2.75) is 45.1 Å². The fourth-order valence-corrected chi connectivity index (χ4v) is 4.96. The summed E-state index contributed by atoms with van der Waals surface area (Å²) in [5.74, 6) is -1.47. The topological polar surface area (TPSA) is 79.4 Å². The Morgan fingerprint density at radius 2 is 1.93 bits per heavy atom. The number of nitrogens with zero attached hydrogens (tertiary/aromatic N) is 2. The third-order valence-corrected chi connectivity index (χ3v) is 7.44. The largest absolute Gasteiger partial charge is 0.341 e. The van der Waals surface area contributed by atoms with Gasteiger partial charge in [-0.2, -0.15) is 4.31 Å². The molecule has 0 fully saturated rings. The van der Waals surface area contributed by atoms with E-state index in [2.05, 4.69) is 10.3 Å². The number of sulfonamides is 1. The molecule has 2 aromatic rings. The van der Waals surface area contributed by atoms with Gasteiger partial charge in [0.05, 0.1) is 16.0 Å². The van der Waals surface area contributed by atoms with Crippen LogP contribution in [0.4, 0.5) is 4.39 Å². The maximum atomic E-state index is 14.3. The quantitative estimate of drug-likeness (QED) is 0.755. The molecule has 6 nitrogen and oxygen atoms in total. The van der Waals surface area contributed by atoms with E-state index in [4.69, 9.17) is 0 Å². The van der Waals surface area contributed by atoms with Crippen LogP contribution in [0, 0.1) is 12.7 Å². The summed E-state index contributed by atoms with van der Waals surface area (Å²) in [6, 6.07) is 3.27. The molecule has 0 saturated heterocycles. The number of aromatic nitrogens is 1. The zero-order valence-electron chi connectivity index (χ0n) is 16.0. The van der Waals surface area contributed by atoms with Crippen LogP contribution in [0.5, 0.6) is 0 Å². The van der Waals surface area contributed by atoms with E-state index in [0.29, 0.717) is 5.01 Å². The lowest BCUT2D eigenvalue weighted by Crippen LogP contribution is -2.41. The van der Waals surface area contributed by atoms with Gasteiger partial charge in [-0.15, -0.1) is 11.3 Å². The molecule has 148 valence electrons. The molecule has 0 radical (unpaired) electrons. The molecule has 27 heavy (non-hydrogen) atoms. The van der Waals surface area contributed by atoms with Crippen LogP contribution >= 0.6 is 11.3 Å². The first kappa shape index (κ1) is 21.5. The van der Waals surface area contributed by atoms with Gasteiger partial charge in [-0.1, -0.05) is 13.8 Å². The van der Waals surface area contributed by atoms with Gasteiger partial charge >= 0.3 is 0 Å². The number of carbonyl (C=O) groups is 1. The number of hydrogen-bond donors (Lipinski definition) is 1. The molecule has 9 heteroatoms. The molecule has 0 atom stereocenters. The first-order valence-electron chi connectivity index (χ1n) is 8.57. The summed E-state index contributed by atoms with van der Waals surface area (Å²) in [4.78, 5) is 16.9. The number of benzene rings is 1. The van der Waals surface area contributed by atoms with Crippen LogP contribution < -0.4 is 5.32 Å². The molecule has 0 saturated carbocycles. The van der Waals surface area contributed by atoms with Crippen LogP contribution in [0.3, 0.4) is 0 Å². The SMILES string of the molecule is CCN(CC)S(=O)(=O)c1ccc(F)c(C(=O)NC(C)(C)c2nc(C)cs2)c1. The molecular weight excluding hydrogens is 389 g/mol. The van der Waals surface area contributed by atoms with E-state index in [-0.39, 0.29) is 23.5 Å². The summed E-state index contributed by atoms with van der Waals surface area (Å²) in [6.45, 7) is 9.38. The second kappa shape index (κ2) is 8.04. The molecule has 0 aliphatic heterocycles. The number of hydrogen-bond acceptors (Lipinski definition) is 5. The Labute approximate surface area is 163 Å². The van der Waals surface area contributed by atoms with Crippen LogP contribution in [0.25, 0.3) is 0 Å². The highest BCUT2D eigenvalue weighted by Gasteiger charge is 2.29. The van der Waals surface area contributed by atoms with E-state index < -0.39 is 27.3 Å². The summed E-state index contributed by atoms with van der Waals surface area (Å²) < 4.78 is 40.8. The Morgan fingerprint density at radius 1 is 1.30 bits per heavy atom. The summed E-state index contributed by atoms with van der Waals surface area (Å²) >= 11 is 1.39. The minimum absolute atomic E-state index is 0.111. The third-order valence-electron chi connectivity index (χ3n) is 4.11. The fourth-order valence-electron chi connectivity index (χ4n) is 2.60. The number of nitrogens with one attached hydrogen (secondary N) is 1. The van der Waals surface area contributed by atoms with Crippen LogP contribution in [0.2, 0.25) is 0 Å². The van der Waals surface area contributed by atoms with Crippen LogP contribution in [0.1, 0.15) is 48.8 Å². The van der Waals surface area contributed by atoms with E-state index in [1.54, 1.807) is 27.7 Å². The van der Waals surface area contributed by atoms with E-state index in [1.807, 2.05) is 12.3 Å². The minimum atomic E-state index is -3.79. The molecule has 1 amide bonds. The smallest absolute Gasteiger partial charge is 0.255 e. The highest BCUT2D eigenvalue weighted by Crippen LogP contribution is 2.25. The lowest BCUT2D eigenvalue weighted by molar-refractivity contribution is 0.0907. The third kappa shape index (κ3) is 4.53. The van der Waals surface area contributed by atoms with E-state index >= 15 is 0 Å². The maximum Gasteiger partial charge on any atom is 0.255 e. The van der Waals surface area contributed by atoms with Crippen LogP contribution in [-0.4, -0.2) is 36.7 Å². The second-order valence-electron chi connectivity index (χ2n) is 6.60. The average molecular weight is 414 g/mol. The van der Waals surface area contributed by atoms with Gasteiger partial charge in [0.25, 0.3) is 5.91 Å². The molecule has 0 aliphatic rings. The van der Waals surface area contributed by atoms with E-state index in [9.17, 15) is 17.6 Å². The second-order valence-corrected chi connectivity index (χ2v) is 9.40. The molecule has 1 N–H and O–H groups in total. The van der Waals surface area contributed by atoms with Crippen molar-refractivity contribution in [1.29, 1.82) is 0 Å². The molecule has 0 bridgehead atoms. The molecule has 0 spiro atoms. The van der Waals surface area contributed by atoms with Crippen molar-refractivity contribution in [1.82, 2.24) is 14.6 Å². The highest BCUT2D eigenvalue weighted by atomic mass is 32.2. The van der Waals surface area contributed by atoms with Gasteiger partial charge in [-0.3, -0.25) is 4.79 Å². The van der Waals surface area contributed by atoms with Crippen molar-refractivity contribution in [3.8, 4) is 0 Å². The lowest BCUT2D eigenvalue weighted by atomic mass is 10.1. The van der Waals surface area contributed by atoms with Crippen molar-refractivity contribution in [2.24, 2.45) is 0 Å². The summed E-state index contributed by atoms with van der Waals surface area (Å²) in [7, 11) is -3.79. The van der Waals surface area contributed by atoms with Gasteiger partial charge in [0, 0.05) is 24.2 Å². The van der Waals surface area contributed by atoms with Crippen molar-refractivity contribution < 1.29 is 17.6 Å². The first-order valence-corrected chi connectivity index (χ1v) is 10.9. The monoisotopic (exact) mass is 413 g/mol. The Balaban J connectivity index is 2.37. The van der Waals surface area contributed by atoms with Gasteiger partial charge in [0.1, 0.15) is 10.8 Å². The zero-order valence-corrected chi connectivity index (χ0v) is 17.7. The van der Waals surface area contributed by atoms with Gasteiger partial charge < -0.3 is 5.32 Å². The standard InChI is InChI=1S/C18H24FN3O3S2/c1-6-22(7-2)27(24,25)13-8-9-15(19)14(10-13)16(23)21-18(4,5)17-20-12(3)11-26-17/h8-11H,6-7H2,1-5H3,(H,21,23). The van der Waals surface area contributed by atoms with Crippen molar-refractivity contribution in [3.05, 3.63) is 45.7 Å². The molecular formula is C18H24FN3O3S2. The Kier molecular flexibility index (Phi) is 6.39. The van der Waals surface area contributed by atoms with Crippen molar-refractivity contribution >= 4 is 27.3 Å². The minimum Gasteiger partial charge on any atom is -0.341 e. The van der Waals surface area contributed by atoms with Gasteiger partial charge in [0.15, 0.2) is 0 Å². The molecule has 1 aromatic heterocycles. The van der Waals surface area contributed by atoms with E-state index in [1.165, 1.54) is 21.7 Å². The molecule has 0 unspecified atom stereocenters.